The van der Waals surface area contributed by atoms with Crippen molar-refractivity contribution in [2.24, 2.45) is 5.92 Å². The van der Waals surface area contributed by atoms with Crippen LogP contribution < -0.4 is 0 Å². The minimum absolute atomic E-state index is 0.199. The molecule has 1 atom stereocenters. The second-order valence-electron chi connectivity index (χ2n) is 5.16. The molecule has 3 heteroatoms. The van der Waals surface area contributed by atoms with Crippen LogP contribution in [0, 0.1) is 12.8 Å². The van der Waals surface area contributed by atoms with Crippen LogP contribution in [0.25, 0.3) is 0 Å². The van der Waals surface area contributed by atoms with Crippen molar-refractivity contribution in [3.05, 3.63) is 21.9 Å². The largest absolute Gasteiger partial charge is 0.392 e. The lowest BCUT2D eigenvalue weighted by molar-refractivity contribution is 0.0991. The summed E-state index contributed by atoms with van der Waals surface area (Å²) in [6, 6.07) is 4.37. The van der Waals surface area contributed by atoms with Gasteiger partial charge in [-0.05, 0) is 31.4 Å². The zero-order chi connectivity index (χ0) is 12.8. The predicted molar refractivity (Wildman–Crippen MR) is 75.5 cm³/mol. The fraction of sp³-hybridized carbons (Fsp3) is 0.714. The lowest BCUT2D eigenvalue weighted by Gasteiger charge is -2.25. The van der Waals surface area contributed by atoms with Gasteiger partial charge in [0.15, 0.2) is 0 Å². The molecule has 0 saturated carbocycles. The second-order valence-corrected chi connectivity index (χ2v) is 6.53. The highest BCUT2D eigenvalue weighted by Gasteiger charge is 2.13. The predicted octanol–water partition coefficient (Wildman–Crippen LogP) is 3.29. The highest BCUT2D eigenvalue weighted by molar-refractivity contribution is 7.11. The Balaban J connectivity index is 2.56. The molecule has 0 saturated heterocycles. The van der Waals surface area contributed by atoms with E-state index < -0.39 is 0 Å². The Morgan fingerprint density at radius 1 is 1.29 bits per heavy atom. The van der Waals surface area contributed by atoms with Crippen LogP contribution in [0.2, 0.25) is 0 Å². The van der Waals surface area contributed by atoms with Gasteiger partial charge in [0.1, 0.15) is 0 Å². The van der Waals surface area contributed by atoms with Gasteiger partial charge in [-0.25, -0.2) is 0 Å². The number of aliphatic hydroxyl groups is 1. The SMILES string of the molecule is CCC(O)CN(Cc1ccc(C)s1)CC(C)C. The third-order valence-electron chi connectivity index (χ3n) is 2.74. The Morgan fingerprint density at radius 3 is 2.47 bits per heavy atom. The van der Waals surface area contributed by atoms with E-state index in [4.69, 9.17) is 0 Å². The van der Waals surface area contributed by atoms with Gasteiger partial charge >= 0.3 is 0 Å². The summed E-state index contributed by atoms with van der Waals surface area (Å²) in [6.45, 7) is 11.4. The van der Waals surface area contributed by atoms with E-state index in [9.17, 15) is 5.11 Å². The number of rotatable bonds is 7. The third kappa shape index (κ3) is 5.66. The zero-order valence-corrected chi connectivity index (χ0v) is 12.3. The first-order valence-corrected chi connectivity index (χ1v) is 7.28. The smallest absolute Gasteiger partial charge is 0.0664 e. The Morgan fingerprint density at radius 2 is 2.00 bits per heavy atom. The first kappa shape index (κ1) is 14.7. The normalized spacial score (nSPS) is 13.6. The van der Waals surface area contributed by atoms with Crippen molar-refractivity contribution in [3.8, 4) is 0 Å². The molecule has 0 aliphatic rings. The van der Waals surface area contributed by atoms with E-state index in [0.29, 0.717) is 5.92 Å². The van der Waals surface area contributed by atoms with Crippen LogP contribution >= 0.6 is 11.3 Å². The van der Waals surface area contributed by atoms with Gasteiger partial charge in [-0.3, -0.25) is 4.90 Å². The van der Waals surface area contributed by atoms with Crippen molar-refractivity contribution in [2.75, 3.05) is 13.1 Å². The van der Waals surface area contributed by atoms with E-state index in [1.165, 1.54) is 9.75 Å². The molecule has 0 amide bonds. The highest BCUT2D eigenvalue weighted by Crippen LogP contribution is 2.18. The van der Waals surface area contributed by atoms with Crippen LogP contribution in [0.4, 0.5) is 0 Å². The van der Waals surface area contributed by atoms with Crippen molar-refractivity contribution >= 4 is 11.3 Å². The topological polar surface area (TPSA) is 23.5 Å². The first-order chi connectivity index (χ1) is 8.01. The molecule has 1 N–H and O–H groups in total. The molecule has 2 nitrogen and oxygen atoms in total. The summed E-state index contributed by atoms with van der Waals surface area (Å²) in [5, 5.41) is 9.79. The van der Waals surface area contributed by atoms with E-state index >= 15 is 0 Å². The Hall–Kier alpha value is -0.380. The molecule has 98 valence electrons. The second kappa shape index (κ2) is 7.14. The molecule has 1 heterocycles. The fourth-order valence-corrected chi connectivity index (χ4v) is 2.87. The molecule has 0 spiro atoms. The van der Waals surface area contributed by atoms with Crippen LogP contribution in [0.1, 0.15) is 36.9 Å². The van der Waals surface area contributed by atoms with Crippen molar-refractivity contribution in [1.82, 2.24) is 4.90 Å². The van der Waals surface area contributed by atoms with Crippen LogP contribution in [0.5, 0.6) is 0 Å². The van der Waals surface area contributed by atoms with Crippen LogP contribution in [-0.4, -0.2) is 29.2 Å². The average molecular weight is 255 g/mol. The summed E-state index contributed by atoms with van der Waals surface area (Å²) in [5.74, 6) is 0.639. The molecule has 1 aromatic rings. The number of nitrogens with zero attached hydrogens (tertiary/aromatic N) is 1. The Labute approximate surface area is 109 Å². The number of thiophene rings is 1. The van der Waals surface area contributed by atoms with Crippen molar-refractivity contribution in [3.63, 3.8) is 0 Å². The standard InChI is InChI=1S/C14H25NOS/c1-5-13(16)9-15(8-11(2)3)10-14-7-6-12(4)17-14/h6-7,11,13,16H,5,8-10H2,1-4H3. The summed E-state index contributed by atoms with van der Waals surface area (Å²) in [5.41, 5.74) is 0. The summed E-state index contributed by atoms with van der Waals surface area (Å²) < 4.78 is 0. The maximum Gasteiger partial charge on any atom is 0.0664 e. The molecule has 0 aromatic carbocycles. The van der Waals surface area contributed by atoms with E-state index in [-0.39, 0.29) is 6.10 Å². The van der Waals surface area contributed by atoms with E-state index in [1.54, 1.807) is 0 Å². The van der Waals surface area contributed by atoms with Crippen molar-refractivity contribution < 1.29 is 5.11 Å². The minimum Gasteiger partial charge on any atom is -0.392 e. The van der Waals surface area contributed by atoms with Crippen LogP contribution in [0.3, 0.4) is 0 Å². The lowest BCUT2D eigenvalue weighted by Crippen LogP contribution is -2.34. The van der Waals surface area contributed by atoms with Gasteiger partial charge in [-0.1, -0.05) is 20.8 Å². The molecule has 1 aromatic heterocycles. The first-order valence-electron chi connectivity index (χ1n) is 6.47. The molecule has 0 aliphatic heterocycles. The van der Waals surface area contributed by atoms with Crippen LogP contribution in [-0.2, 0) is 6.54 Å². The number of aryl methyl sites for hydroxylation is 1. The third-order valence-corrected chi connectivity index (χ3v) is 3.72. The Kier molecular flexibility index (Phi) is 6.17. The molecule has 1 rings (SSSR count). The quantitative estimate of drug-likeness (QED) is 0.808. The molecular weight excluding hydrogens is 230 g/mol. The Bertz CT molecular complexity index is 322. The molecular formula is C14H25NOS. The van der Waals surface area contributed by atoms with Gasteiger partial charge in [0.05, 0.1) is 6.10 Å². The zero-order valence-electron chi connectivity index (χ0n) is 11.4. The van der Waals surface area contributed by atoms with Crippen molar-refractivity contribution in [2.45, 2.75) is 46.8 Å². The summed E-state index contributed by atoms with van der Waals surface area (Å²) in [6.07, 6.45) is 0.632. The van der Waals surface area contributed by atoms with Gasteiger partial charge in [-0.2, -0.15) is 0 Å². The summed E-state index contributed by atoms with van der Waals surface area (Å²) >= 11 is 1.85. The van der Waals surface area contributed by atoms with E-state index in [1.807, 2.05) is 18.3 Å². The molecule has 0 radical (unpaired) electrons. The maximum absolute atomic E-state index is 9.79. The van der Waals surface area contributed by atoms with E-state index in [2.05, 4.69) is 37.8 Å². The van der Waals surface area contributed by atoms with Gasteiger partial charge in [0, 0.05) is 29.4 Å². The van der Waals surface area contributed by atoms with Gasteiger partial charge < -0.3 is 5.11 Å². The molecule has 0 bridgehead atoms. The highest BCUT2D eigenvalue weighted by atomic mass is 32.1. The molecule has 0 fully saturated rings. The molecule has 0 aliphatic carbocycles. The monoisotopic (exact) mass is 255 g/mol. The lowest BCUT2D eigenvalue weighted by atomic mass is 10.2. The van der Waals surface area contributed by atoms with Gasteiger partial charge in [0.25, 0.3) is 0 Å². The maximum atomic E-state index is 9.79. The summed E-state index contributed by atoms with van der Waals surface area (Å²) in [4.78, 5) is 5.12. The van der Waals surface area contributed by atoms with Gasteiger partial charge in [0.2, 0.25) is 0 Å². The van der Waals surface area contributed by atoms with Crippen LogP contribution in [0.15, 0.2) is 12.1 Å². The van der Waals surface area contributed by atoms with Gasteiger partial charge in [-0.15, -0.1) is 11.3 Å². The minimum atomic E-state index is -0.199. The number of hydrogen-bond acceptors (Lipinski definition) is 3. The fourth-order valence-electron chi connectivity index (χ4n) is 1.94. The summed E-state index contributed by atoms with van der Waals surface area (Å²) in [7, 11) is 0. The van der Waals surface area contributed by atoms with E-state index in [0.717, 1.165) is 26.1 Å². The van der Waals surface area contributed by atoms with Crippen molar-refractivity contribution in [1.29, 1.82) is 0 Å². The molecule has 1 unspecified atom stereocenters. The number of aliphatic hydroxyl groups excluding tert-OH is 1. The molecule has 17 heavy (non-hydrogen) atoms. The number of hydrogen-bond donors (Lipinski definition) is 1. The average Bonchev–Trinajstić information content (AvgIpc) is 2.62.